The van der Waals surface area contributed by atoms with Crippen molar-refractivity contribution < 1.29 is 14.6 Å². The van der Waals surface area contributed by atoms with Gasteiger partial charge in [0.25, 0.3) is 0 Å². The number of phenols is 1. The molecule has 0 bridgehead atoms. The SMILES string of the molecule is CCn1cc(/C=C2/Oc3c(ccc(O)c3CN3C[C@H](C)C[C@@H](C)C3)C2=O)c2ccccc21. The number of Topliss-reactive ketones (excluding diaryl/α,β-unsaturated/α-hetero) is 1. The molecule has 5 nitrogen and oxygen atoms in total. The number of nitrogens with zero attached hydrogens (tertiary/aromatic N) is 2. The fraction of sp³-hybridized carbons (Fsp3) is 0.370. The lowest BCUT2D eigenvalue weighted by atomic mass is 9.91. The van der Waals surface area contributed by atoms with Crippen LogP contribution >= 0.6 is 0 Å². The van der Waals surface area contributed by atoms with Gasteiger partial charge < -0.3 is 14.4 Å². The summed E-state index contributed by atoms with van der Waals surface area (Å²) in [5.41, 5.74) is 3.33. The first-order valence-electron chi connectivity index (χ1n) is 11.5. The van der Waals surface area contributed by atoms with Gasteiger partial charge in [0.15, 0.2) is 5.76 Å². The van der Waals surface area contributed by atoms with Crippen molar-refractivity contribution in [2.75, 3.05) is 13.1 Å². The van der Waals surface area contributed by atoms with E-state index in [-0.39, 0.29) is 11.5 Å². The Morgan fingerprint density at radius 2 is 1.88 bits per heavy atom. The molecule has 1 fully saturated rings. The minimum atomic E-state index is -0.130. The summed E-state index contributed by atoms with van der Waals surface area (Å²) in [5, 5.41) is 11.7. The van der Waals surface area contributed by atoms with Crippen LogP contribution in [-0.4, -0.2) is 33.4 Å². The van der Waals surface area contributed by atoms with Crippen LogP contribution in [-0.2, 0) is 13.1 Å². The van der Waals surface area contributed by atoms with E-state index in [1.807, 2.05) is 18.2 Å². The Morgan fingerprint density at radius 3 is 2.62 bits per heavy atom. The van der Waals surface area contributed by atoms with Crippen LogP contribution in [0.5, 0.6) is 11.5 Å². The van der Waals surface area contributed by atoms with E-state index in [0.717, 1.165) is 36.1 Å². The molecule has 0 saturated carbocycles. The first-order chi connectivity index (χ1) is 15.4. The van der Waals surface area contributed by atoms with E-state index < -0.39 is 0 Å². The van der Waals surface area contributed by atoms with E-state index in [4.69, 9.17) is 4.74 Å². The Morgan fingerprint density at radius 1 is 1.12 bits per heavy atom. The van der Waals surface area contributed by atoms with E-state index in [1.54, 1.807) is 12.1 Å². The molecule has 0 spiro atoms. The predicted molar refractivity (Wildman–Crippen MR) is 127 cm³/mol. The number of piperidine rings is 1. The number of aryl methyl sites for hydroxylation is 1. The lowest BCUT2D eigenvalue weighted by Gasteiger charge is -2.35. The van der Waals surface area contributed by atoms with Gasteiger partial charge in [0.05, 0.1) is 11.1 Å². The summed E-state index contributed by atoms with van der Waals surface area (Å²) < 4.78 is 8.31. The molecule has 3 aromatic rings. The smallest absolute Gasteiger partial charge is 0.231 e. The average molecular weight is 431 g/mol. The standard InChI is InChI=1S/C27H30N2O3/c1-4-29-15-19(20-7-5-6-8-23(20)29)12-25-26(31)21-9-10-24(30)22(27(21)32-25)16-28-13-17(2)11-18(3)14-28/h5-10,12,15,17-18,30H,4,11,13-14,16H2,1-3H3/b25-12+/t17-,18-/m1/s1. The molecule has 32 heavy (non-hydrogen) atoms. The van der Waals surface area contributed by atoms with Gasteiger partial charge in [0.1, 0.15) is 11.5 Å². The van der Waals surface area contributed by atoms with Gasteiger partial charge in [-0.1, -0.05) is 32.0 Å². The van der Waals surface area contributed by atoms with Gasteiger partial charge in [0, 0.05) is 48.8 Å². The maximum Gasteiger partial charge on any atom is 0.231 e. The maximum atomic E-state index is 13.2. The van der Waals surface area contributed by atoms with Crippen molar-refractivity contribution in [3.8, 4) is 11.5 Å². The van der Waals surface area contributed by atoms with Gasteiger partial charge >= 0.3 is 0 Å². The van der Waals surface area contributed by atoms with Crippen molar-refractivity contribution in [1.29, 1.82) is 0 Å². The molecule has 5 rings (SSSR count). The van der Waals surface area contributed by atoms with E-state index >= 15 is 0 Å². The first kappa shape index (κ1) is 20.8. The molecule has 2 aliphatic rings. The molecule has 0 radical (unpaired) electrons. The third-order valence-corrected chi connectivity index (χ3v) is 6.69. The summed E-state index contributed by atoms with van der Waals surface area (Å²) in [6, 6.07) is 11.5. The Labute approximate surface area is 188 Å². The van der Waals surface area contributed by atoms with Crippen molar-refractivity contribution in [3.05, 3.63) is 65.0 Å². The topological polar surface area (TPSA) is 54.7 Å². The van der Waals surface area contributed by atoms with Crippen molar-refractivity contribution in [1.82, 2.24) is 9.47 Å². The van der Waals surface area contributed by atoms with Crippen LogP contribution in [0.15, 0.2) is 48.4 Å². The summed E-state index contributed by atoms with van der Waals surface area (Å²) in [6.07, 6.45) is 5.12. The first-order valence-corrected chi connectivity index (χ1v) is 11.5. The number of aromatic hydroxyl groups is 1. The van der Waals surface area contributed by atoms with Crippen LogP contribution in [0.1, 0.15) is 48.7 Å². The van der Waals surface area contributed by atoms with Gasteiger partial charge in [-0.05, 0) is 49.5 Å². The lowest BCUT2D eigenvalue weighted by molar-refractivity contribution is 0.101. The molecule has 1 saturated heterocycles. The molecular weight excluding hydrogens is 400 g/mol. The van der Waals surface area contributed by atoms with Gasteiger partial charge in [-0.2, -0.15) is 0 Å². The van der Waals surface area contributed by atoms with Crippen molar-refractivity contribution in [2.45, 2.75) is 40.3 Å². The number of aromatic nitrogens is 1. The molecule has 0 amide bonds. The number of benzene rings is 2. The van der Waals surface area contributed by atoms with Gasteiger partial charge in [0.2, 0.25) is 5.78 Å². The van der Waals surface area contributed by atoms with Crippen LogP contribution < -0.4 is 4.74 Å². The molecule has 3 heterocycles. The Bertz CT molecular complexity index is 1210. The van der Waals surface area contributed by atoms with Crippen LogP contribution in [0.25, 0.3) is 17.0 Å². The lowest BCUT2D eigenvalue weighted by Crippen LogP contribution is -2.38. The van der Waals surface area contributed by atoms with Crippen LogP contribution in [0.4, 0.5) is 0 Å². The fourth-order valence-electron chi connectivity index (χ4n) is 5.39. The summed E-state index contributed by atoms with van der Waals surface area (Å²) in [6.45, 7) is 10.1. The second-order valence-electron chi connectivity index (χ2n) is 9.41. The van der Waals surface area contributed by atoms with E-state index in [0.29, 0.717) is 41.0 Å². The second kappa shape index (κ2) is 8.14. The second-order valence-corrected chi connectivity index (χ2v) is 9.41. The number of rotatable bonds is 4. The number of hydrogen-bond donors (Lipinski definition) is 1. The average Bonchev–Trinajstić information content (AvgIpc) is 3.28. The minimum Gasteiger partial charge on any atom is -0.507 e. The predicted octanol–water partition coefficient (Wildman–Crippen LogP) is 5.46. The molecule has 2 aliphatic heterocycles. The highest BCUT2D eigenvalue weighted by Gasteiger charge is 2.33. The van der Waals surface area contributed by atoms with Crippen LogP contribution in [0, 0.1) is 11.8 Å². The molecule has 2 aromatic carbocycles. The van der Waals surface area contributed by atoms with Crippen LogP contribution in [0.3, 0.4) is 0 Å². The van der Waals surface area contributed by atoms with E-state index in [9.17, 15) is 9.90 Å². The third kappa shape index (κ3) is 3.61. The highest BCUT2D eigenvalue weighted by atomic mass is 16.5. The summed E-state index contributed by atoms with van der Waals surface area (Å²) in [5.74, 6) is 2.11. The zero-order valence-corrected chi connectivity index (χ0v) is 19.0. The van der Waals surface area contributed by atoms with Gasteiger partial charge in [-0.15, -0.1) is 0 Å². The number of para-hydroxylation sites is 1. The van der Waals surface area contributed by atoms with Crippen molar-refractivity contribution >= 4 is 22.8 Å². The number of fused-ring (bicyclic) bond motifs is 2. The molecule has 0 aliphatic carbocycles. The molecule has 1 N–H and O–H groups in total. The quantitative estimate of drug-likeness (QED) is 0.559. The molecule has 2 atom stereocenters. The number of likely N-dealkylation sites (tertiary alicyclic amines) is 1. The Hall–Kier alpha value is -3.05. The number of carbonyl (C=O) groups excluding carboxylic acids is 1. The Kier molecular flexibility index (Phi) is 5.30. The maximum absolute atomic E-state index is 13.2. The molecule has 0 unspecified atom stereocenters. The minimum absolute atomic E-state index is 0.130. The fourth-order valence-corrected chi connectivity index (χ4v) is 5.39. The summed E-state index contributed by atoms with van der Waals surface area (Å²) in [7, 11) is 0. The number of phenolic OH excluding ortho intramolecular Hbond substituents is 1. The highest BCUT2D eigenvalue weighted by Crippen LogP contribution is 2.41. The van der Waals surface area contributed by atoms with Crippen LogP contribution in [0.2, 0.25) is 0 Å². The zero-order chi connectivity index (χ0) is 22.4. The van der Waals surface area contributed by atoms with E-state index in [2.05, 4.69) is 48.6 Å². The van der Waals surface area contributed by atoms with E-state index in [1.165, 1.54) is 6.42 Å². The number of ether oxygens (including phenoxy) is 1. The number of ketones is 1. The Balaban J connectivity index is 1.50. The van der Waals surface area contributed by atoms with Crippen molar-refractivity contribution in [2.24, 2.45) is 11.8 Å². The zero-order valence-electron chi connectivity index (χ0n) is 19.0. The normalized spacial score (nSPS) is 22.5. The number of carbonyl (C=O) groups is 1. The summed E-state index contributed by atoms with van der Waals surface area (Å²) >= 11 is 0. The van der Waals surface area contributed by atoms with Gasteiger partial charge in [-0.25, -0.2) is 0 Å². The monoisotopic (exact) mass is 430 g/mol. The highest BCUT2D eigenvalue weighted by molar-refractivity contribution is 6.15. The largest absolute Gasteiger partial charge is 0.507 e. The third-order valence-electron chi connectivity index (χ3n) is 6.69. The van der Waals surface area contributed by atoms with Crippen molar-refractivity contribution in [3.63, 3.8) is 0 Å². The molecule has 5 heteroatoms. The molecule has 1 aromatic heterocycles. The van der Waals surface area contributed by atoms with Gasteiger partial charge in [-0.3, -0.25) is 9.69 Å². The number of hydrogen-bond acceptors (Lipinski definition) is 4. The number of allylic oxidation sites excluding steroid dienone is 1. The molecular formula is C27H30N2O3. The summed E-state index contributed by atoms with van der Waals surface area (Å²) in [4.78, 5) is 15.5. The molecule has 166 valence electrons.